The Hall–Kier alpha value is -1.06. The number of hydrogen-bond acceptors (Lipinski definition) is 2. The van der Waals surface area contributed by atoms with E-state index in [4.69, 9.17) is 4.74 Å². The lowest BCUT2D eigenvalue weighted by Crippen LogP contribution is -2.41. The first-order chi connectivity index (χ1) is 13.8. The quantitative estimate of drug-likeness (QED) is 0.218. The number of phenols is 1. The molecule has 0 aliphatic heterocycles. The first-order valence-electron chi connectivity index (χ1n) is 12.0. The Bertz CT molecular complexity index is 600. The van der Waals surface area contributed by atoms with Gasteiger partial charge in [-0.3, -0.25) is 0 Å². The number of rotatable bonds is 12. The van der Waals surface area contributed by atoms with Crippen LogP contribution in [0.15, 0.2) is 12.1 Å². The van der Waals surface area contributed by atoms with Gasteiger partial charge in [0.25, 0.3) is 0 Å². The monoisotopic (exact) mass is 420 g/mol. The molecular weight excluding hydrogens is 370 g/mol. The van der Waals surface area contributed by atoms with Crippen molar-refractivity contribution in [3.05, 3.63) is 28.8 Å². The van der Waals surface area contributed by atoms with Crippen LogP contribution in [-0.4, -0.2) is 37.0 Å². The lowest BCUT2D eigenvalue weighted by molar-refractivity contribution is -0.922. The van der Waals surface area contributed by atoms with E-state index in [2.05, 4.69) is 74.7 Å². The summed E-state index contributed by atoms with van der Waals surface area (Å²) in [5, 5.41) is 10.9. The Morgan fingerprint density at radius 2 is 1.27 bits per heavy atom. The van der Waals surface area contributed by atoms with E-state index in [1.54, 1.807) is 0 Å². The molecule has 0 aliphatic rings. The summed E-state index contributed by atoms with van der Waals surface area (Å²) in [6, 6.07) is 4.39. The number of hydrogen-bond donors (Lipinski definition) is 1. The van der Waals surface area contributed by atoms with Gasteiger partial charge < -0.3 is 14.3 Å². The highest BCUT2D eigenvalue weighted by molar-refractivity contribution is 5.49. The Morgan fingerprint density at radius 3 is 1.73 bits per heavy atom. The van der Waals surface area contributed by atoms with Crippen molar-refractivity contribution in [2.45, 2.75) is 111 Å². The van der Waals surface area contributed by atoms with Crippen LogP contribution >= 0.6 is 0 Å². The van der Waals surface area contributed by atoms with Gasteiger partial charge in [-0.1, -0.05) is 87.0 Å². The van der Waals surface area contributed by atoms with E-state index in [1.165, 1.54) is 44.1 Å². The van der Waals surface area contributed by atoms with E-state index in [0.717, 1.165) is 35.2 Å². The van der Waals surface area contributed by atoms with Crippen LogP contribution in [0.2, 0.25) is 0 Å². The minimum absolute atomic E-state index is 0.0924. The molecule has 1 aromatic carbocycles. The number of ether oxygens (including phenoxy) is 1. The summed E-state index contributed by atoms with van der Waals surface area (Å²) in [6.07, 6.45) is 9.19. The molecule has 0 unspecified atom stereocenters. The maximum absolute atomic E-state index is 10.9. The number of aromatic hydroxyl groups is 1. The lowest BCUT2D eigenvalue weighted by Gasteiger charge is -2.32. The molecule has 1 N–H and O–H groups in total. The molecule has 0 radical (unpaired) electrons. The van der Waals surface area contributed by atoms with Gasteiger partial charge in [-0.15, -0.1) is 0 Å². The first-order valence-corrected chi connectivity index (χ1v) is 12.0. The Kier molecular flexibility index (Phi) is 10.4. The van der Waals surface area contributed by atoms with E-state index >= 15 is 0 Å². The predicted octanol–water partition coefficient (Wildman–Crippen LogP) is 7.29. The van der Waals surface area contributed by atoms with E-state index in [1.807, 2.05) is 0 Å². The highest BCUT2D eigenvalue weighted by Crippen LogP contribution is 2.40. The molecule has 30 heavy (non-hydrogen) atoms. The molecule has 0 saturated carbocycles. The molecular formula is C27H50NO2+. The lowest BCUT2D eigenvalue weighted by atomic mass is 9.78. The average Bonchev–Trinajstić information content (AvgIpc) is 2.59. The van der Waals surface area contributed by atoms with Crippen LogP contribution in [0, 0.1) is 0 Å². The summed E-state index contributed by atoms with van der Waals surface area (Å²) in [6.45, 7) is 17.7. The van der Waals surface area contributed by atoms with Crippen LogP contribution in [0.3, 0.4) is 0 Å². The number of benzene rings is 1. The predicted molar refractivity (Wildman–Crippen MR) is 130 cm³/mol. The molecule has 0 saturated heterocycles. The Morgan fingerprint density at radius 1 is 0.800 bits per heavy atom. The van der Waals surface area contributed by atoms with Gasteiger partial charge in [0.05, 0.1) is 20.7 Å². The number of unbranched alkanes of at least 4 members (excludes halogenated alkanes) is 6. The molecule has 0 fully saturated rings. The zero-order chi connectivity index (χ0) is 23.0. The topological polar surface area (TPSA) is 29.5 Å². The molecule has 0 bridgehead atoms. The van der Waals surface area contributed by atoms with Gasteiger partial charge in [0.1, 0.15) is 12.3 Å². The van der Waals surface area contributed by atoms with E-state index in [0.29, 0.717) is 12.5 Å². The van der Waals surface area contributed by atoms with Crippen LogP contribution in [0.1, 0.15) is 110 Å². The smallest absolute Gasteiger partial charge is 0.182 e. The summed E-state index contributed by atoms with van der Waals surface area (Å²) in [4.78, 5) is 0. The minimum atomic E-state index is -0.0924. The summed E-state index contributed by atoms with van der Waals surface area (Å²) in [5.74, 6) is 0.458. The second-order valence-corrected chi connectivity index (χ2v) is 11.8. The molecule has 0 heterocycles. The number of phenolic OH excluding ortho intramolecular Hbond substituents is 1. The second-order valence-electron chi connectivity index (χ2n) is 11.8. The maximum atomic E-state index is 10.9. The molecule has 0 atom stereocenters. The molecule has 0 aromatic heterocycles. The summed E-state index contributed by atoms with van der Waals surface area (Å²) < 4.78 is 6.83. The summed E-state index contributed by atoms with van der Waals surface area (Å²) in [7, 11) is 4.45. The molecule has 0 amide bonds. The van der Waals surface area contributed by atoms with Gasteiger partial charge in [-0.05, 0) is 29.4 Å². The highest BCUT2D eigenvalue weighted by atomic mass is 16.5. The molecule has 3 nitrogen and oxygen atoms in total. The van der Waals surface area contributed by atoms with Gasteiger partial charge in [0, 0.05) is 16.7 Å². The van der Waals surface area contributed by atoms with E-state index in [9.17, 15) is 5.11 Å². The molecule has 0 spiro atoms. The standard InChI is InChI=1S/C27H49NO2/c1-10-11-12-13-14-15-16-17-30-21-28(8,9)20-22-18-23(26(2,3)4)25(29)24(19-22)27(5,6)7/h18-19H,10-17,20-21H2,1-9H3/p+1. The third-order valence-corrected chi connectivity index (χ3v) is 5.73. The maximum Gasteiger partial charge on any atom is 0.182 e. The molecule has 1 aromatic rings. The van der Waals surface area contributed by atoms with Crippen molar-refractivity contribution in [1.29, 1.82) is 0 Å². The van der Waals surface area contributed by atoms with Crippen molar-refractivity contribution in [2.24, 2.45) is 0 Å². The molecule has 174 valence electrons. The van der Waals surface area contributed by atoms with Gasteiger partial charge in [-0.2, -0.15) is 0 Å². The second kappa shape index (κ2) is 11.5. The highest BCUT2D eigenvalue weighted by Gasteiger charge is 2.28. The molecule has 0 aliphatic carbocycles. The SMILES string of the molecule is CCCCCCCCCOC[N+](C)(C)Cc1cc(C(C)(C)C)c(O)c(C(C)(C)C)c1. The number of nitrogens with zero attached hydrogens (tertiary/aromatic N) is 1. The normalized spacial score (nSPS) is 13.1. The first kappa shape index (κ1) is 27.0. The van der Waals surface area contributed by atoms with E-state index in [-0.39, 0.29) is 10.8 Å². The Labute approximate surface area is 187 Å². The van der Waals surface area contributed by atoms with Crippen molar-refractivity contribution in [2.75, 3.05) is 27.4 Å². The van der Waals surface area contributed by atoms with Gasteiger partial charge in [0.15, 0.2) is 6.73 Å². The third-order valence-electron chi connectivity index (χ3n) is 5.73. The van der Waals surface area contributed by atoms with E-state index < -0.39 is 0 Å². The fraction of sp³-hybridized carbons (Fsp3) is 0.778. The van der Waals surface area contributed by atoms with Gasteiger partial charge in [0.2, 0.25) is 0 Å². The molecule has 1 rings (SSSR count). The van der Waals surface area contributed by atoms with Crippen LogP contribution in [0.5, 0.6) is 5.75 Å². The molecule has 3 heteroatoms. The fourth-order valence-corrected chi connectivity index (χ4v) is 3.94. The largest absolute Gasteiger partial charge is 0.507 e. The third kappa shape index (κ3) is 9.39. The zero-order valence-electron chi connectivity index (χ0n) is 21.5. The van der Waals surface area contributed by atoms with Crippen molar-refractivity contribution in [3.8, 4) is 5.75 Å². The van der Waals surface area contributed by atoms with Gasteiger partial charge in [-0.25, -0.2) is 0 Å². The van der Waals surface area contributed by atoms with Crippen molar-refractivity contribution >= 4 is 0 Å². The van der Waals surface area contributed by atoms with Crippen LogP contribution < -0.4 is 0 Å². The summed E-state index contributed by atoms with van der Waals surface area (Å²) >= 11 is 0. The van der Waals surface area contributed by atoms with Crippen LogP contribution in [0.4, 0.5) is 0 Å². The fourth-order valence-electron chi connectivity index (χ4n) is 3.94. The average molecular weight is 421 g/mol. The van der Waals surface area contributed by atoms with Crippen LogP contribution in [0.25, 0.3) is 0 Å². The van der Waals surface area contributed by atoms with Crippen molar-refractivity contribution in [3.63, 3.8) is 0 Å². The minimum Gasteiger partial charge on any atom is -0.507 e. The Balaban J connectivity index is 2.69. The summed E-state index contributed by atoms with van der Waals surface area (Å²) in [5.41, 5.74) is 3.16. The van der Waals surface area contributed by atoms with Crippen molar-refractivity contribution < 1.29 is 14.3 Å². The number of quaternary nitrogens is 1. The van der Waals surface area contributed by atoms with Crippen LogP contribution in [-0.2, 0) is 22.1 Å². The van der Waals surface area contributed by atoms with Gasteiger partial charge >= 0.3 is 0 Å². The zero-order valence-corrected chi connectivity index (χ0v) is 21.5. The van der Waals surface area contributed by atoms with Crippen molar-refractivity contribution in [1.82, 2.24) is 0 Å².